The van der Waals surface area contributed by atoms with Gasteiger partial charge in [-0.25, -0.2) is 15.0 Å². The highest BCUT2D eigenvalue weighted by Gasteiger charge is 2.33. The van der Waals surface area contributed by atoms with E-state index in [2.05, 4.69) is 15.0 Å². The average molecular weight is 422 g/mol. The van der Waals surface area contributed by atoms with E-state index >= 15 is 0 Å². The maximum atomic E-state index is 9.03. The molecule has 0 unspecified atom stereocenters. The van der Waals surface area contributed by atoms with Gasteiger partial charge >= 0.3 is 0 Å². The van der Waals surface area contributed by atoms with Gasteiger partial charge in [0.15, 0.2) is 11.8 Å². The van der Waals surface area contributed by atoms with Crippen molar-refractivity contribution in [1.29, 1.82) is 0 Å². The predicted octanol–water partition coefficient (Wildman–Crippen LogP) is 5.40. The zero-order valence-electron chi connectivity index (χ0n) is 16.2. The lowest BCUT2D eigenvalue weighted by Gasteiger charge is -2.22. The van der Waals surface area contributed by atoms with E-state index in [0.29, 0.717) is 24.9 Å². The van der Waals surface area contributed by atoms with Crippen molar-refractivity contribution in [3.63, 3.8) is 0 Å². The van der Waals surface area contributed by atoms with Crippen molar-refractivity contribution in [2.75, 3.05) is 13.1 Å². The summed E-state index contributed by atoms with van der Waals surface area (Å²) >= 11 is 1.55. The highest BCUT2D eigenvalue weighted by atomic mass is 32.1. The lowest BCUT2D eigenvalue weighted by Crippen LogP contribution is -2.35. The Morgan fingerprint density at radius 2 is 1.71 bits per heavy atom. The molecule has 2 aromatic heterocycles. The molecule has 0 aliphatic carbocycles. The summed E-state index contributed by atoms with van der Waals surface area (Å²) in [5.41, 5.74) is 12.5. The third kappa shape index (κ3) is 2.79. The van der Waals surface area contributed by atoms with Gasteiger partial charge in [0.1, 0.15) is 10.7 Å². The molecule has 0 N–H and O–H groups in total. The number of nitrogens with zero attached hydrogens (tertiary/aromatic N) is 8. The Morgan fingerprint density at radius 1 is 0.968 bits per heavy atom. The molecular weight excluding hydrogens is 408 g/mol. The summed E-state index contributed by atoms with van der Waals surface area (Å²) in [6, 6.07) is 20.0. The molecule has 2 aliphatic heterocycles. The Labute approximate surface area is 180 Å². The topological polar surface area (TPSA) is 102 Å². The summed E-state index contributed by atoms with van der Waals surface area (Å²) in [5, 5.41) is 4.67. The Kier molecular flexibility index (Phi) is 4.02. The molecule has 0 amide bonds. The summed E-state index contributed by atoms with van der Waals surface area (Å²) in [6.45, 7) is 1.28. The molecule has 31 heavy (non-hydrogen) atoms. The fraction of sp³-hybridized carbons (Fsp3) is 0.0909. The lowest BCUT2D eigenvalue weighted by atomic mass is 10.1. The van der Waals surface area contributed by atoms with Gasteiger partial charge in [-0.3, -0.25) is 4.99 Å². The number of amidine groups is 1. The number of azide groups is 1. The molecule has 6 rings (SSSR count). The summed E-state index contributed by atoms with van der Waals surface area (Å²) in [5.74, 6) is 1.77. The van der Waals surface area contributed by atoms with Gasteiger partial charge in [-0.05, 0) is 10.6 Å². The monoisotopic (exact) mass is 422 g/mol. The van der Waals surface area contributed by atoms with E-state index in [1.807, 2.05) is 65.6 Å². The number of benzene rings is 2. The van der Waals surface area contributed by atoms with E-state index in [0.717, 1.165) is 43.4 Å². The van der Waals surface area contributed by atoms with Crippen LogP contribution in [0.25, 0.3) is 43.3 Å². The van der Waals surface area contributed by atoms with Crippen molar-refractivity contribution < 1.29 is 0 Å². The van der Waals surface area contributed by atoms with Crippen LogP contribution in [-0.2, 0) is 0 Å². The number of guanidine groups is 1. The SMILES string of the molecule is [N-]=[N+]=NC1=Nc2c(sc3nc(-c4ccccc4)nc(-c4ccccc4)c23)C2=NCCN12. The van der Waals surface area contributed by atoms with Crippen molar-refractivity contribution in [3.8, 4) is 22.6 Å². The lowest BCUT2D eigenvalue weighted by molar-refractivity contribution is 0.654. The van der Waals surface area contributed by atoms with Crippen molar-refractivity contribution in [1.82, 2.24) is 14.9 Å². The van der Waals surface area contributed by atoms with Gasteiger partial charge in [-0.1, -0.05) is 60.7 Å². The van der Waals surface area contributed by atoms with Crippen molar-refractivity contribution in [2.24, 2.45) is 15.1 Å². The first-order valence-electron chi connectivity index (χ1n) is 9.75. The molecule has 148 valence electrons. The largest absolute Gasteiger partial charge is 0.306 e. The zero-order valence-corrected chi connectivity index (χ0v) is 17.0. The predicted molar refractivity (Wildman–Crippen MR) is 123 cm³/mol. The Balaban J connectivity index is 1.70. The second-order valence-electron chi connectivity index (χ2n) is 7.05. The van der Waals surface area contributed by atoms with Crippen LogP contribution in [0.4, 0.5) is 5.69 Å². The molecule has 4 heterocycles. The second-order valence-corrected chi connectivity index (χ2v) is 8.05. The van der Waals surface area contributed by atoms with Gasteiger partial charge in [0, 0.05) is 22.6 Å². The normalized spacial score (nSPS) is 14.5. The molecule has 0 spiro atoms. The van der Waals surface area contributed by atoms with Crippen LogP contribution in [0.1, 0.15) is 4.88 Å². The van der Waals surface area contributed by atoms with Crippen LogP contribution in [0.5, 0.6) is 0 Å². The Bertz CT molecular complexity index is 1430. The smallest absolute Gasteiger partial charge is 0.199 e. The van der Waals surface area contributed by atoms with Crippen molar-refractivity contribution in [2.45, 2.75) is 0 Å². The molecule has 4 aromatic rings. The summed E-state index contributed by atoms with van der Waals surface area (Å²) < 4.78 is 0. The van der Waals surface area contributed by atoms with E-state index in [9.17, 15) is 0 Å². The maximum Gasteiger partial charge on any atom is 0.199 e. The minimum Gasteiger partial charge on any atom is -0.306 e. The van der Waals surface area contributed by atoms with Crippen LogP contribution in [-0.4, -0.2) is 39.8 Å². The molecular formula is C22H14N8S. The average Bonchev–Trinajstić information content (AvgIpc) is 3.45. The summed E-state index contributed by atoms with van der Waals surface area (Å²) in [7, 11) is 0. The first-order valence-corrected chi connectivity index (χ1v) is 10.6. The molecule has 9 heteroatoms. The van der Waals surface area contributed by atoms with Gasteiger partial charge in [0.2, 0.25) is 0 Å². The van der Waals surface area contributed by atoms with Gasteiger partial charge in [-0.15, -0.1) is 11.3 Å². The molecule has 0 saturated carbocycles. The number of rotatable bonds is 2. The molecule has 0 radical (unpaired) electrons. The van der Waals surface area contributed by atoms with Crippen LogP contribution in [0, 0.1) is 0 Å². The van der Waals surface area contributed by atoms with E-state index in [1.165, 1.54) is 0 Å². The van der Waals surface area contributed by atoms with Crippen LogP contribution < -0.4 is 0 Å². The van der Waals surface area contributed by atoms with Crippen LogP contribution in [0.15, 0.2) is 75.8 Å². The second kappa shape index (κ2) is 7.02. The molecule has 2 aliphatic rings. The van der Waals surface area contributed by atoms with E-state index in [4.69, 9.17) is 20.5 Å². The number of fused-ring (bicyclic) bond motifs is 5. The molecule has 0 saturated heterocycles. The fourth-order valence-corrected chi connectivity index (χ4v) is 5.01. The van der Waals surface area contributed by atoms with Crippen molar-refractivity contribution >= 4 is 39.0 Å². The maximum absolute atomic E-state index is 9.03. The summed E-state index contributed by atoms with van der Waals surface area (Å²) in [6.07, 6.45) is 0. The molecule has 0 atom stereocenters. The zero-order chi connectivity index (χ0) is 20.8. The molecule has 0 fully saturated rings. The van der Waals surface area contributed by atoms with Gasteiger partial charge in [-0.2, -0.15) is 0 Å². The first-order chi connectivity index (χ1) is 15.3. The third-order valence-electron chi connectivity index (χ3n) is 5.24. The molecule has 8 nitrogen and oxygen atoms in total. The number of thiophene rings is 1. The Morgan fingerprint density at radius 3 is 2.45 bits per heavy atom. The standard InChI is InChI=1S/C22H14N8S/c23-29-28-22-26-17-15-16(13-7-3-1-4-8-13)25-19(14-9-5-2-6-10-14)27-21(15)31-18(17)20-24-11-12-30(20)22/h1-10H,11-12H2. The van der Waals surface area contributed by atoms with Gasteiger partial charge in [0.25, 0.3) is 0 Å². The number of aliphatic imine (C=N–C) groups is 2. The summed E-state index contributed by atoms with van der Waals surface area (Å²) in [4.78, 5) is 25.8. The molecule has 2 aromatic carbocycles. The Hall–Kier alpha value is -4.07. The number of hydrogen-bond donors (Lipinski definition) is 0. The third-order valence-corrected chi connectivity index (χ3v) is 6.31. The quantitative estimate of drug-likeness (QED) is 0.245. The van der Waals surface area contributed by atoms with E-state index in [1.54, 1.807) is 11.3 Å². The highest BCUT2D eigenvalue weighted by molar-refractivity contribution is 7.21. The minimum absolute atomic E-state index is 0.317. The van der Waals surface area contributed by atoms with E-state index < -0.39 is 0 Å². The highest BCUT2D eigenvalue weighted by Crippen LogP contribution is 2.45. The van der Waals surface area contributed by atoms with Crippen molar-refractivity contribution in [3.05, 3.63) is 76.0 Å². The number of aromatic nitrogens is 2. The van der Waals surface area contributed by atoms with Crippen LogP contribution in [0.3, 0.4) is 0 Å². The minimum atomic E-state index is 0.317. The molecule has 0 bridgehead atoms. The number of hydrogen-bond acceptors (Lipinski definition) is 7. The fourth-order valence-electron chi connectivity index (χ4n) is 3.88. The van der Waals surface area contributed by atoms with Crippen LogP contribution >= 0.6 is 11.3 Å². The van der Waals surface area contributed by atoms with Gasteiger partial charge < -0.3 is 4.90 Å². The van der Waals surface area contributed by atoms with Crippen LogP contribution in [0.2, 0.25) is 0 Å². The first kappa shape index (κ1) is 17.8. The van der Waals surface area contributed by atoms with E-state index in [-0.39, 0.29) is 0 Å². The van der Waals surface area contributed by atoms with Gasteiger partial charge in [0.05, 0.1) is 28.2 Å².